The zero-order chi connectivity index (χ0) is 15.5. The molecule has 0 spiro atoms. The van der Waals surface area contributed by atoms with Crippen LogP contribution >= 0.6 is 0 Å². The first-order valence-electron chi connectivity index (χ1n) is 7.39. The Labute approximate surface area is 128 Å². The Morgan fingerprint density at radius 3 is 2.86 bits per heavy atom. The van der Waals surface area contributed by atoms with Gasteiger partial charge in [-0.2, -0.15) is 0 Å². The topological polar surface area (TPSA) is 68.3 Å². The number of amides is 1. The van der Waals surface area contributed by atoms with Gasteiger partial charge in [0, 0.05) is 17.5 Å². The van der Waals surface area contributed by atoms with E-state index in [2.05, 4.69) is 10.5 Å². The number of benzene rings is 1. The summed E-state index contributed by atoms with van der Waals surface area (Å²) in [6, 6.07) is 11.5. The molecule has 2 heterocycles. The Bertz CT molecular complexity index is 755. The van der Waals surface area contributed by atoms with Crippen LogP contribution in [0.2, 0.25) is 0 Å². The van der Waals surface area contributed by atoms with Crippen molar-refractivity contribution in [2.45, 2.75) is 32.7 Å². The summed E-state index contributed by atoms with van der Waals surface area (Å²) < 4.78 is 11.0. The summed E-state index contributed by atoms with van der Waals surface area (Å²) in [4.78, 5) is 11.9. The molecule has 1 aromatic carbocycles. The smallest absolute Gasteiger partial charge is 0.226 e. The van der Waals surface area contributed by atoms with E-state index in [4.69, 9.17) is 8.94 Å². The van der Waals surface area contributed by atoms with Crippen LogP contribution in [0.1, 0.15) is 26.0 Å². The van der Waals surface area contributed by atoms with Crippen LogP contribution in [0, 0.1) is 0 Å². The fourth-order valence-electron chi connectivity index (χ4n) is 2.21. The summed E-state index contributed by atoms with van der Waals surface area (Å²) in [6.07, 6.45) is 1.10. The summed E-state index contributed by atoms with van der Waals surface area (Å²) in [7, 11) is 0. The van der Waals surface area contributed by atoms with Crippen LogP contribution in [-0.4, -0.2) is 17.1 Å². The first-order chi connectivity index (χ1) is 10.7. The van der Waals surface area contributed by atoms with Crippen LogP contribution < -0.4 is 5.32 Å². The van der Waals surface area contributed by atoms with Crippen molar-refractivity contribution < 1.29 is 13.7 Å². The quantitative estimate of drug-likeness (QED) is 0.782. The van der Waals surface area contributed by atoms with Gasteiger partial charge in [-0.3, -0.25) is 4.79 Å². The van der Waals surface area contributed by atoms with Gasteiger partial charge < -0.3 is 14.3 Å². The normalized spacial score (nSPS) is 12.5. The molecule has 0 radical (unpaired) electrons. The van der Waals surface area contributed by atoms with E-state index in [-0.39, 0.29) is 18.4 Å². The highest BCUT2D eigenvalue weighted by molar-refractivity contribution is 5.82. The van der Waals surface area contributed by atoms with Crippen molar-refractivity contribution in [3.05, 3.63) is 42.1 Å². The molecular formula is C17H18N2O3. The largest absolute Gasteiger partial charge is 0.453 e. The molecule has 0 aliphatic carbocycles. The molecular weight excluding hydrogens is 280 g/mol. The lowest BCUT2D eigenvalue weighted by Crippen LogP contribution is -2.33. The van der Waals surface area contributed by atoms with Crippen molar-refractivity contribution in [1.29, 1.82) is 0 Å². The highest BCUT2D eigenvalue weighted by atomic mass is 16.5. The predicted molar refractivity (Wildman–Crippen MR) is 83.3 cm³/mol. The number of hydrogen-bond donors (Lipinski definition) is 1. The maximum atomic E-state index is 11.9. The number of carbonyl (C=O) groups excluding carboxylic acids is 1. The Morgan fingerprint density at radius 2 is 2.09 bits per heavy atom. The molecule has 3 rings (SSSR count). The molecule has 5 nitrogen and oxygen atoms in total. The van der Waals surface area contributed by atoms with Gasteiger partial charge >= 0.3 is 0 Å². The van der Waals surface area contributed by atoms with Crippen molar-refractivity contribution in [2.75, 3.05) is 0 Å². The molecule has 0 fully saturated rings. The van der Waals surface area contributed by atoms with Crippen LogP contribution in [0.15, 0.2) is 45.3 Å². The molecule has 3 aromatic rings. The number of fused-ring (bicyclic) bond motifs is 1. The van der Waals surface area contributed by atoms with Gasteiger partial charge in [0.1, 0.15) is 5.58 Å². The molecule has 5 heteroatoms. The van der Waals surface area contributed by atoms with Crippen LogP contribution in [0.5, 0.6) is 0 Å². The van der Waals surface area contributed by atoms with Gasteiger partial charge in [0.05, 0.1) is 12.1 Å². The minimum absolute atomic E-state index is 0.0567. The molecule has 1 atom stereocenters. The molecule has 2 aromatic heterocycles. The molecule has 0 saturated carbocycles. The van der Waals surface area contributed by atoms with Gasteiger partial charge in [-0.25, -0.2) is 0 Å². The molecule has 0 bridgehead atoms. The standard InChI is InChI=1S/C17H18N2O3/c1-3-11(2)18-17(20)10-13-9-16(22-19-13)15-8-12-6-4-5-7-14(12)21-15/h4-9,11H,3,10H2,1-2H3,(H,18,20). The fraction of sp³-hybridized carbons (Fsp3) is 0.294. The minimum Gasteiger partial charge on any atom is -0.453 e. The van der Waals surface area contributed by atoms with Crippen LogP contribution in [0.25, 0.3) is 22.5 Å². The van der Waals surface area contributed by atoms with E-state index in [0.717, 1.165) is 17.4 Å². The molecule has 0 aliphatic rings. The van der Waals surface area contributed by atoms with Gasteiger partial charge in [-0.15, -0.1) is 0 Å². The summed E-state index contributed by atoms with van der Waals surface area (Å²) in [6.45, 7) is 4.00. The van der Waals surface area contributed by atoms with Gasteiger partial charge in [0.15, 0.2) is 5.76 Å². The molecule has 114 valence electrons. The monoisotopic (exact) mass is 298 g/mol. The first-order valence-corrected chi connectivity index (χ1v) is 7.39. The van der Waals surface area contributed by atoms with E-state index < -0.39 is 0 Å². The second-order valence-corrected chi connectivity index (χ2v) is 5.38. The number of furan rings is 1. The van der Waals surface area contributed by atoms with Crippen molar-refractivity contribution >= 4 is 16.9 Å². The summed E-state index contributed by atoms with van der Waals surface area (Å²) in [5.41, 5.74) is 1.39. The zero-order valence-corrected chi connectivity index (χ0v) is 12.6. The second-order valence-electron chi connectivity index (χ2n) is 5.38. The average Bonchev–Trinajstić information content (AvgIpc) is 3.12. The number of nitrogens with zero attached hydrogens (tertiary/aromatic N) is 1. The minimum atomic E-state index is -0.0567. The third kappa shape index (κ3) is 3.03. The lowest BCUT2D eigenvalue weighted by Gasteiger charge is -2.09. The number of para-hydroxylation sites is 1. The Kier molecular flexibility index (Phi) is 3.96. The second kappa shape index (κ2) is 6.05. The number of carbonyl (C=O) groups is 1. The number of rotatable bonds is 5. The Hall–Kier alpha value is -2.56. The summed E-state index contributed by atoms with van der Waals surface area (Å²) in [5, 5.41) is 7.85. The molecule has 1 N–H and O–H groups in total. The molecule has 1 amide bonds. The van der Waals surface area contributed by atoms with Gasteiger partial charge in [0.25, 0.3) is 0 Å². The Morgan fingerprint density at radius 1 is 1.27 bits per heavy atom. The van der Waals surface area contributed by atoms with Crippen LogP contribution in [0.3, 0.4) is 0 Å². The average molecular weight is 298 g/mol. The number of nitrogens with one attached hydrogen (secondary N) is 1. The van der Waals surface area contributed by atoms with Crippen molar-refractivity contribution in [1.82, 2.24) is 10.5 Å². The van der Waals surface area contributed by atoms with Gasteiger partial charge in [-0.05, 0) is 25.5 Å². The van der Waals surface area contributed by atoms with E-state index in [0.29, 0.717) is 17.2 Å². The lowest BCUT2D eigenvalue weighted by molar-refractivity contribution is -0.121. The van der Waals surface area contributed by atoms with E-state index in [1.54, 1.807) is 6.07 Å². The maximum Gasteiger partial charge on any atom is 0.226 e. The van der Waals surface area contributed by atoms with Crippen LogP contribution in [-0.2, 0) is 11.2 Å². The van der Waals surface area contributed by atoms with Crippen LogP contribution in [0.4, 0.5) is 0 Å². The summed E-state index contributed by atoms with van der Waals surface area (Å²) in [5.74, 6) is 1.09. The fourth-order valence-corrected chi connectivity index (χ4v) is 2.21. The van der Waals surface area contributed by atoms with Gasteiger partial charge in [-0.1, -0.05) is 30.3 Å². The first kappa shape index (κ1) is 14.4. The van der Waals surface area contributed by atoms with E-state index in [9.17, 15) is 4.79 Å². The van der Waals surface area contributed by atoms with Crippen molar-refractivity contribution in [3.63, 3.8) is 0 Å². The van der Waals surface area contributed by atoms with Crippen molar-refractivity contribution in [3.8, 4) is 11.5 Å². The van der Waals surface area contributed by atoms with Crippen molar-refractivity contribution in [2.24, 2.45) is 0 Å². The SMILES string of the molecule is CCC(C)NC(=O)Cc1cc(-c2cc3ccccc3o2)on1. The zero-order valence-electron chi connectivity index (χ0n) is 12.6. The van der Waals surface area contributed by atoms with Gasteiger partial charge in [0.2, 0.25) is 11.7 Å². The third-order valence-electron chi connectivity index (χ3n) is 3.59. The molecule has 22 heavy (non-hydrogen) atoms. The Balaban J connectivity index is 1.74. The maximum absolute atomic E-state index is 11.9. The van der Waals surface area contributed by atoms with E-state index >= 15 is 0 Å². The third-order valence-corrected chi connectivity index (χ3v) is 3.59. The predicted octanol–water partition coefficient (Wildman–Crippen LogP) is 3.55. The lowest BCUT2D eigenvalue weighted by atomic mass is 10.2. The molecule has 0 aliphatic heterocycles. The number of aromatic nitrogens is 1. The highest BCUT2D eigenvalue weighted by Gasteiger charge is 2.14. The number of hydrogen-bond acceptors (Lipinski definition) is 4. The highest BCUT2D eigenvalue weighted by Crippen LogP contribution is 2.28. The molecule has 1 unspecified atom stereocenters. The summed E-state index contributed by atoms with van der Waals surface area (Å²) >= 11 is 0. The van der Waals surface area contributed by atoms with E-state index in [1.807, 2.05) is 44.2 Å². The van der Waals surface area contributed by atoms with E-state index in [1.165, 1.54) is 0 Å². The molecule has 0 saturated heterocycles.